The largest absolute Gasteiger partial charge is 0.493 e. The Balaban J connectivity index is 1.74. The van der Waals surface area contributed by atoms with Crippen molar-refractivity contribution in [1.29, 1.82) is 0 Å². The van der Waals surface area contributed by atoms with Gasteiger partial charge in [0.15, 0.2) is 0 Å². The Morgan fingerprint density at radius 1 is 1.35 bits per heavy atom. The molecule has 0 aliphatic carbocycles. The molecule has 2 rings (SSSR count). The zero-order valence-electron chi connectivity index (χ0n) is 12.8. The van der Waals surface area contributed by atoms with E-state index < -0.39 is 0 Å². The maximum atomic E-state index is 5.88. The molecule has 1 fully saturated rings. The average molecular weight is 276 g/mol. The van der Waals surface area contributed by atoms with E-state index in [4.69, 9.17) is 10.5 Å². The Morgan fingerprint density at radius 3 is 2.90 bits per heavy atom. The van der Waals surface area contributed by atoms with Gasteiger partial charge in [-0.05, 0) is 37.8 Å². The smallest absolute Gasteiger partial charge is 0.123 e. The zero-order chi connectivity index (χ0) is 14.4. The van der Waals surface area contributed by atoms with E-state index in [1.807, 2.05) is 24.3 Å². The topological polar surface area (TPSA) is 38.5 Å². The molecule has 0 spiro atoms. The lowest BCUT2D eigenvalue weighted by atomic mass is 10.0. The van der Waals surface area contributed by atoms with Crippen molar-refractivity contribution in [2.75, 3.05) is 19.7 Å². The van der Waals surface area contributed by atoms with Crippen molar-refractivity contribution in [3.63, 3.8) is 0 Å². The van der Waals surface area contributed by atoms with Gasteiger partial charge in [-0.3, -0.25) is 0 Å². The van der Waals surface area contributed by atoms with Gasteiger partial charge >= 0.3 is 0 Å². The Morgan fingerprint density at radius 2 is 2.15 bits per heavy atom. The van der Waals surface area contributed by atoms with E-state index >= 15 is 0 Å². The Kier molecular flexibility index (Phi) is 5.86. The van der Waals surface area contributed by atoms with Gasteiger partial charge in [0.05, 0.1) is 6.61 Å². The first-order valence-electron chi connectivity index (χ1n) is 7.87. The molecule has 2 N–H and O–H groups in total. The second kappa shape index (κ2) is 7.65. The molecule has 1 saturated heterocycles. The fourth-order valence-electron chi connectivity index (χ4n) is 3.15. The van der Waals surface area contributed by atoms with Gasteiger partial charge in [-0.2, -0.15) is 0 Å². The fourth-order valence-corrected chi connectivity index (χ4v) is 3.15. The minimum Gasteiger partial charge on any atom is -0.493 e. The van der Waals surface area contributed by atoms with Gasteiger partial charge in [-0.15, -0.1) is 0 Å². The summed E-state index contributed by atoms with van der Waals surface area (Å²) in [7, 11) is 0. The number of nitrogens with zero attached hydrogens (tertiary/aromatic N) is 1. The van der Waals surface area contributed by atoms with Gasteiger partial charge in [-0.25, -0.2) is 0 Å². The van der Waals surface area contributed by atoms with Gasteiger partial charge in [0.1, 0.15) is 5.75 Å². The summed E-state index contributed by atoms with van der Waals surface area (Å²) in [6, 6.07) is 8.82. The number of hydrogen-bond acceptors (Lipinski definition) is 3. The lowest BCUT2D eigenvalue weighted by molar-refractivity contribution is 0.187. The third kappa shape index (κ3) is 3.97. The molecule has 3 heteroatoms. The molecule has 1 heterocycles. The summed E-state index contributed by atoms with van der Waals surface area (Å²) >= 11 is 0. The molecular formula is C17H28N2O. The van der Waals surface area contributed by atoms with Crippen LogP contribution in [-0.4, -0.2) is 30.6 Å². The Hall–Kier alpha value is -1.06. The minimum atomic E-state index is 0.539. The molecule has 112 valence electrons. The minimum absolute atomic E-state index is 0.539. The van der Waals surface area contributed by atoms with E-state index in [0.717, 1.165) is 42.8 Å². The van der Waals surface area contributed by atoms with Crippen molar-refractivity contribution in [2.45, 2.75) is 45.7 Å². The summed E-state index contributed by atoms with van der Waals surface area (Å²) in [4.78, 5) is 2.63. The third-order valence-corrected chi connectivity index (χ3v) is 4.22. The van der Waals surface area contributed by atoms with Gasteiger partial charge in [0.25, 0.3) is 0 Å². The van der Waals surface area contributed by atoms with E-state index in [0.29, 0.717) is 6.54 Å². The highest BCUT2D eigenvalue weighted by Crippen LogP contribution is 2.24. The van der Waals surface area contributed by atoms with Gasteiger partial charge in [0.2, 0.25) is 0 Å². The number of hydrogen-bond donors (Lipinski definition) is 1. The number of rotatable bonds is 7. The van der Waals surface area contributed by atoms with Gasteiger partial charge in [-0.1, -0.05) is 32.0 Å². The van der Waals surface area contributed by atoms with Crippen LogP contribution >= 0.6 is 0 Å². The van der Waals surface area contributed by atoms with Gasteiger partial charge in [0, 0.05) is 24.7 Å². The van der Waals surface area contributed by atoms with Crippen molar-refractivity contribution in [3.8, 4) is 5.75 Å². The Bertz CT molecular complexity index is 406. The molecule has 1 aliphatic heterocycles. The van der Waals surface area contributed by atoms with E-state index in [1.54, 1.807) is 0 Å². The molecule has 0 radical (unpaired) electrons. The summed E-state index contributed by atoms with van der Waals surface area (Å²) in [6.07, 6.45) is 3.79. The molecule has 0 saturated carbocycles. The number of benzene rings is 1. The van der Waals surface area contributed by atoms with Crippen molar-refractivity contribution in [3.05, 3.63) is 29.8 Å². The van der Waals surface area contributed by atoms with Crippen molar-refractivity contribution in [1.82, 2.24) is 4.90 Å². The van der Waals surface area contributed by atoms with Crippen molar-refractivity contribution < 1.29 is 4.74 Å². The predicted octanol–water partition coefficient (Wildman–Crippen LogP) is 3.03. The molecule has 0 amide bonds. The molecule has 3 nitrogen and oxygen atoms in total. The molecule has 1 unspecified atom stereocenters. The van der Waals surface area contributed by atoms with Gasteiger partial charge < -0.3 is 15.4 Å². The summed E-state index contributed by atoms with van der Waals surface area (Å²) in [5, 5.41) is 0. The van der Waals surface area contributed by atoms with Crippen LogP contribution in [-0.2, 0) is 6.54 Å². The zero-order valence-corrected chi connectivity index (χ0v) is 12.8. The molecule has 1 aliphatic rings. The highest BCUT2D eigenvalue weighted by Gasteiger charge is 2.26. The van der Waals surface area contributed by atoms with E-state index in [1.165, 1.54) is 19.4 Å². The molecule has 1 aromatic rings. The SMILES string of the molecule is CC(C)C1CCCN1CCCOc1ccccc1CN. The monoisotopic (exact) mass is 276 g/mol. The first kappa shape index (κ1) is 15.3. The number of para-hydroxylation sites is 1. The second-order valence-electron chi connectivity index (χ2n) is 6.00. The van der Waals surface area contributed by atoms with Crippen LogP contribution in [0.15, 0.2) is 24.3 Å². The molecule has 0 bridgehead atoms. The molecule has 1 atom stereocenters. The van der Waals surface area contributed by atoms with E-state index in [9.17, 15) is 0 Å². The quantitative estimate of drug-likeness (QED) is 0.778. The average Bonchev–Trinajstić information content (AvgIpc) is 2.92. The standard InChI is InChI=1S/C17H28N2O/c1-14(2)16-8-5-10-19(16)11-6-12-20-17-9-4-3-7-15(17)13-18/h3-4,7,9,14,16H,5-6,8,10-13,18H2,1-2H3. The van der Waals surface area contributed by atoms with Crippen LogP contribution in [0.2, 0.25) is 0 Å². The summed E-state index contributed by atoms with van der Waals surface area (Å²) in [5.74, 6) is 1.70. The van der Waals surface area contributed by atoms with Crippen LogP contribution in [0.25, 0.3) is 0 Å². The summed E-state index contributed by atoms with van der Waals surface area (Å²) in [5.41, 5.74) is 6.81. The summed E-state index contributed by atoms with van der Waals surface area (Å²) < 4.78 is 5.88. The van der Waals surface area contributed by atoms with Crippen LogP contribution in [0, 0.1) is 5.92 Å². The maximum Gasteiger partial charge on any atom is 0.123 e. The van der Waals surface area contributed by atoms with E-state index in [2.05, 4.69) is 18.7 Å². The fraction of sp³-hybridized carbons (Fsp3) is 0.647. The van der Waals surface area contributed by atoms with Crippen LogP contribution in [0.1, 0.15) is 38.7 Å². The lowest BCUT2D eigenvalue weighted by Crippen LogP contribution is -2.34. The molecule has 0 aromatic heterocycles. The first-order valence-corrected chi connectivity index (χ1v) is 7.87. The van der Waals surface area contributed by atoms with Crippen molar-refractivity contribution >= 4 is 0 Å². The highest BCUT2D eigenvalue weighted by atomic mass is 16.5. The lowest BCUT2D eigenvalue weighted by Gasteiger charge is -2.27. The summed E-state index contributed by atoms with van der Waals surface area (Å²) in [6.45, 7) is 8.37. The maximum absolute atomic E-state index is 5.88. The number of likely N-dealkylation sites (tertiary alicyclic amines) is 1. The normalized spacial score (nSPS) is 19.7. The molecular weight excluding hydrogens is 248 g/mol. The van der Waals surface area contributed by atoms with Crippen LogP contribution in [0.4, 0.5) is 0 Å². The first-order chi connectivity index (χ1) is 9.72. The second-order valence-corrected chi connectivity index (χ2v) is 6.00. The number of nitrogens with two attached hydrogens (primary N) is 1. The highest BCUT2D eigenvalue weighted by molar-refractivity contribution is 5.32. The van der Waals surface area contributed by atoms with Crippen molar-refractivity contribution in [2.24, 2.45) is 11.7 Å². The van der Waals surface area contributed by atoms with Crippen LogP contribution in [0.3, 0.4) is 0 Å². The number of ether oxygens (including phenoxy) is 1. The molecule has 1 aromatic carbocycles. The van der Waals surface area contributed by atoms with Crippen LogP contribution < -0.4 is 10.5 Å². The molecule has 20 heavy (non-hydrogen) atoms. The third-order valence-electron chi connectivity index (χ3n) is 4.22. The predicted molar refractivity (Wildman–Crippen MR) is 83.9 cm³/mol. The van der Waals surface area contributed by atoms with Crippen LogP contribution in [0.5, 0.6) is 5.75 Å². The van der Waals surface area contributed by atoms with E-state index in [-0.39, 0.29) is 0 Å². The Labute approximate surface area is 123 Å².